The first kappa shape index (κ1) is 20.5. The molecule has 7 heteroatoms. The Balaban J connectivity index is 1.69. The molecule has 1 amide bonds. The van der Waals surface area contributed by atoms with Gasteiger partial charge >= 0.3 is 0 Å². The number of para-hydroxylation sites is 1. The van der Waals surface area contributed by atoms with Gasteiger partial charge in [-0.15, -0.1) is 0 Å². The molecule has 152 valence electrons. The minimum atomic E-state index is -0.746. The summed E-state index contributed by atoms with van der Waals surface area (Å²) >= 11 is 0. The smallest absolute Gasteiger partial charge is 0.255 e. The molecule has 0 bridgehead atoms. The lowest BCUT2D eigenvalue weighted by Crippen LogP contribution is -2.29. The summed E-state index contributed by atoms with van der Waals surface area (Å²) in [6.07, 6.45) is 0. The molecule has 0 aliphatic carbocycles. The number of hydrogen-bond donors (Lipinski definition) is 1. The number of halogens is 2. The molecule has 2 aromatic carbocycles. The number of rotatable bonds is 6. The van der Waals surface area contributed by atoms with Crippen molar-refractivity contribution >= 4 is 5.91 Å². The van der Waals surface area contributed by atoms with Gasteiger partial charge in [-0.25, -0.2) is 13.5 Å². The zero-order chi connectivity index (χ0) is 21.1. The molecule has 0 radical (unpaired) electrons. The van der Waals surface area contributed by atoms with Gasteiger partial charge in [0, 0.05) is 6.07 Å². The summed E-state index contributed by atoms with van der Waals surface area (Å²) in [5.74, 6) is -0.924. The SMILES string of the molecule is Cc1cccc(C)c1OCCNC(=O)c1c(C)nn(-c2ccc(F)cc2F)c1C. The van der Waals surface area contributed by atoms with E-state index in [2.05, 4.69) is 10.4 Å². The molecule has 1 aromatic heterocycles. The Hall–Kier alpha value is -3.22. The van der Waals surface area contributed by atoms with Gasteiger partial charge in [0.1, 0.15) is 23.9 Å². The Morgan fingerprint density at radius 1 is 1.10 bits per heavy atom. The Kier molecular flexibility index (Phi) is 5.96. The van der Waals surface area contributed by atoms with Gasteiger partial charge in [0.15, 0.2) is 5.82 Å². The molecule has 0 saturated heterocycles. The number of aromatic nitrogens is 2. The van der Waals surface area contributed by atoms with Gasteiger partial charge in [0.05, 0.1) is 23.5 Å². The van der Waals surface area contributed by atoms with E-state index in [9.17, 15) is 13.6 Å². The summed E-state index contributed by atoms with van der Waals surface area (Å²) in [7, 11) is 0. The molecule has 0 atom stereocenters. The van der Waals surface area contributed by atoms with Gasteiger partial charge in [-0.05, 0) is 51.0 Å². The molecule has 0 saturated carbocycles. The molecule has 0 fully saturated rings. The van der Waals surface area contributed by atoms with E-state index >= 15 is 0 Å². The van der Waals surface area contributed by atoms with Gasteiger partial charge in [0.2, 0.25) is 0 Å². The lowest BCUT2D eigenvalue weighted by Gasteiger charge is -2.12. The van der Waals surface area contributed by atoms with Crippen molar-refractivity contribution in [2.45, 2.75) is 27.7 Å². The third kappa shape index (κ3) is 4.29. The molecule has 0 unspecified atom stereocenters. The standard InChI is InChI=1S/C22H23F2N3O2/c1-13-6-5-7-14(2)21(13)29-11-10-25-22(28)20-15(3)26-27(16(20)4)19-9-8-17(23)12-18(19)24/h5-9,12H,10-11H2,1-4H3,(H,25,28). The highest BCUT2D eigenvalue weighted by Crippen LogP contribution is 2.22. The van der Waals surface area contributed by atoms with Crippen LogP contribution in [0.2, 0.25) is 0 Å². The molecule has 3 rings (SSSR count). The van der Waals surface area contributed by atoms with Crippen molar-refractivity contribution in [2.75, 3.05) is 13.2 Å². The first-order valence-electron chi connectivity index (χ1n) is 9.28. The Labute approximate surface area is 168 Å². The fourth-order valence-electron chi connectivity index (χ4n) is 3.29. The fourth-order valence-corrected chi connectivity index (χ4v) is 3.29. The van der Waals surface area contributed by atoms with Gasteiger partial charge in [-0.3, -0.25) is 4.79 Å². The summed E-state index contributed by atoms with van der Waals surface area (Å²) in [4.78, 5) is 12.6. The number of nitrogens with zero attached hydrogens (tertiary/aromatic N) is 2. The van der Waals surface area contributed by atoms with Crippen LogP contribution in [-0.4, -0.2) is 28.8 Å². The van der Waals surface area contributed by atoms with Crippen LogP contribution in [0.4, 0.5) is 8.78 Å². The zero-order valence-corrected chi connectivity index (χ0v) is 16.8. The topological polar surface area (TPSA) is 56.1 Å². The van der Waals surface area contributed by atoms with Crippen LogP contribution in [0.1, 0.15) is 32.9 Å². The zero-order valence-electron chi connectivity index (χ0n) is 16.8. The maximum Gasteiger partial charge on any atom is 0.255 e. The molecule has 3 aromatic rings. The Morgan fingerprint density at radius 3 is 2.45 bits per heavy atom. The molecule has 0 aliphatic heterocycles. The van der Waals surface area contributed by atoms with Crippen molar-refractivity contribution in [1.29, 1.82) is 0 Å². The number of carbonyl (C=O) groups excluding carboxylic acids is 1. The largest absolute Gasteiger partial charge is 0.491 e. The van der Waals surface area contributed by atoms with Gasteiger partial charge in [-0.1, -0.05) is 18.2 Å². The molecule has 1 heterocycles. The highest BCUT2D eigenvalue weighted by Gasteiger charge is 2.20. The maximum absolute atomic E-state index is 14.1. The average Bonchev–Trinajstić information content (AvgIpc) is 2.94. The van der Waals surface area contributed by atoms with E-state index in [1.54, 1.807) is 13.8 Å². The van der Waals surface area contributed by atoms with Crippen molar-refractivity contribution in [1.82, 2.24) is 15.1 Å². The monoisotopic (exact) mass is 399 g/mol. The van der Waals surface area contributed by atoms with E-state index in [1.165, 1.54) is 10.7 Å². The quantitative estimate of drug-likeness (QED) is 0.633. The third-order valence-corrected chi connectivity index (χ3v) is 4.70. The van der Waals surface area contributed by atoms with Crippen molar-refractivity contribution < 1.29 is 18.3 Å². The van der Waals surface area contributed by atoms with E-state index in [-0.39, 0.29) is 11.6 Å². The molecule has 29 heavy (non-hydrogen) atoms. The van der Waals surface area contributed by atoms with Crippen molar-refractivity contribution in [2.24, 2.45) is 0 Å². The first-order valence-corrected chi connectivity index (χ1v) is 9.28. The van der Waals surface area contributed by atoms with E-state index in [1.807, 2.05) is 32.0 Å². The summed E-state index contributed by atoms with van der Waals surface area (Å²) < 4.78 is 34.4. The van der Waals surface area contributed by atoms with Gasteiger partial charge < -0.3 is 10.1 Å². The molecule has 1 N–H and O–H groups in total. The minimum Gasteiger partial charge on any atom is -0.491 e. The van der Waals surface area contributed by atoms with Crippen LogP contribution in [0.5, 0.6) is 5.75 Å². The summed E-state index contributed by atoms with van der Waals surface area (Å²) in [5, 5.41) is 7.06. The maximum atomic E-state index is 14.1. The molecule has 0 aliphatic rings. The van der Waals surface area contributed by atoms with Gasteiger partial charge in [0.25, 0.3) is 5.91 Å². The highest BCUT2D eigenvalue weighted by atomic mass is 19.1. The number of nitrogens with one attached hydrogen (secondary N) is 1. The van der Waals surface area contributed by atoms with Crippen LogP contribution >= 0.6 is 0 Å². The Morgan fingerprint density at radius 2 is 1.79 bits per heavy atom. The molecular weight excluding hydrogens is 376 g/mol. The summed E-state index contributed by atoms with van der Waals surface area (Å²) in [6, 6.07) is 9.14. The first-order chi connectivity index (χ1) is 13.8. The van der Waals surface area contributed by atoms with Crippen LogP contribution in [0, 0.1) is 39.3 Å². The van der Waals surface area contributed by atoms with Crippen LogP contribution in [-0.2, 0) is 0 Å². The number of benzene rings is 2. The molecule has 5 nitrogen and oxygen atoms in total. The second-order valence-electron chi connectivity index (χ2n) is 6.88. The van der Waals surface area contributed by atoms with Crippen molar-refractivity contribution in [3.8, 4) is 11.4 Å². The number of aryl methyl sites for hydroxylation is 3. The normalized spacial score (nSPS) is 10.8. The van der Waals surface area contributed by atoms with E-state index < -0.39 is 11.6 Å². The van der Waals surface area contributed by atoms with Crippen molar-refractivity contribution in [3.05, 3.63) is 76.1 Å². The lowest BCUT2D eigenvalue weighted by molar-refractivity contribution is 0.0945. The molecule has 0 spiro atoms. The van der Waals surface area contributed by atoms with E-state index in [0.29, 0.717) is 30.1 Å². The second-order valence-corrected chi connectivity index (χ2v) is 6.88. The van der Waals surface area contributed by atoms with Crippen LogP contribution in [0.3, 0.4) is 0 Å². The summed E-state index contributed by atoms with van der Waals surface area (Å²) in [6.45, 7) is 7.91. The Bertz CT molecular complexity index is 1040. The van der Waals surface area contributed by atoms with Crippen LogP contribution in [0.25, 0.3) is 5.69 Å². The third-order valence-electron chi connectivity index (χ3n) is 4.70. The molecular formula is C22H23F2N3O2. The second kappa shape index (κ2) is 8.43. The summed E-state index contributed by atoms with van der Waals surface area (Å²) in [5.41, 5.74) is 3.45. The predicted octanol–water partition coefficient (Wildman–Crippen LogP) is 4.19. The number of amides is 1. The minimum absolute atomic E-state index is 0.0874. The van der Waals surface area contributed by atoms with Gasteiger partial charge in [-0.2, -0.15) is 5.10 Å². The van der Waals surface area contributed by atoms with Crippen LogP contribution < -0.4 is 10.1 Å². The number of hydrogen-bond acceptors (Lipinski definition) is 3. The average molecular weight is 399 g/mol. The van der Waals surface area contributed by atoms with E-state index in [0.717, 1.165) is 29.0 Å². The predicted molar refractivity (Wildman–Crippen MR) is 107 cm³/mol. The van der Waals surface area contributed by atoms with E-state index in [4.69, 9.17) is 4.74 Å². The lowest BCUT2D eigenvalue weighted by atomic mass is 10.1. The fraction of sp³-hybridized carbons (Fsp3) is 0.273. The number of carbonyl (C=O) groups is 1. The van der Waals surface area contributed by atoms with Crippen molar-refractivity contribution in [3.63, 3.8) is 0 Å². The highest BCUT2D eigenvalue weighted by molar-refractivity contribution is 5.96. The van der Waals surface area contributed by atoms with Crippen LogP contribution in [0.15, 0.2) is 36.4 Å². The number of ether oxygens (including phenoxy) is 1.